The highest BCUT2D eigenvalue weighted by Gasteiger charge is 2.25. The van der Waals surface area contributed by atoms with Crippen LogP contribution in [0.15, 0.2) is 24.3 Å². The number of nitrogens with one attached hydrogen (secondary N) is 1. The molecule has 0 heterocycles. The van der Waals surface area contributed by atoms with Crippen LogP contribution >= 0.6 is 0 Å². The van der Waals surface area contributed by atoms with E-state index in [4.69, 9.17) is 0 Å². The van der Waals surface area contributed by atoms with Crippen LogP contribution in [0.1, 0.15) is 18.9 Å². The number of rotatable bonds is 8. The lowest BCUT2D eigenvalue weighted by Gasteiger charge is -2.29. The summed E-state index contributed by atoms with van der Waals surface area (Å²) in [5, 5.41) is 32.2. The second-order valence-corrected chi connectivity index (χ2v) is 4.55. The standard InChI is InChI=1S/C13H20N2O4/c1-2-13(9-16,10-17)14-8-7-11-3-5-12(6-4-11)15(18)19/h3-6,14,16-17H,2,7-10H2,1H3. The monoisotopic (exact) mass is 268 g/mol. The fourth-order valence-corrected chi connectivity index (χ4v) is 1.77. The van der Waals surface area contributed by atoms with Crippen LogP contribution in [0, 0.1) is 10.1 Å². The number of aliphatic hydroxyl groups excluding tert-OH is 2. The van der Waals surface area contributed by atoms with Crippen molar-refractivity contribution in [2.75, 3.05) is 19.8 Å². The Bertz CT molecular complexity index is 393. The fraction of sp³-hybridized carbons (Fsp3) is 0.538. The van der Waals surface area contributed by atoms with Crippen LogP contribution in [0.25, 0.3) is 0 Å². The van der Waals surface area contributed by atoms with Gasteiger partial charge in [-0.15, -0.1) is 0 Å². The molecule has 0 fully saturated rings. The number of benzene rings is 1. The van der Waals surface area contributed by atoms with Gasteiger partial charge in [0.15, 0.2) is 0 Å². The topological polar surface area (TPSA) is 95.6 Å². The van der Waals surface area contributed by atoms with E-state index in [2.05, 4.69) is 5.32 Å². The molecule has 106 valence electrons. The molecule has 0 aliphatic carbocycles. The minimum absolute atomic E-state index is 0.0744. The van der Waals surface area contributed by atoms with Gasteiger partial charge in [-0.2, -0.15) is 0 Å². The van der Waals surface area contributed by atoms with Crippen LogP contribution in [0.3, 0.4) is 0 Å². The van der Waals surface area contributed by atoms with Crippen molar-refractivity contribution >= 4 is 5.69 Å². The summed E-state index contributed by atoms with van der Waals surface area (Å²) in [6.45, 7) is 2.23. The molecular formula is C13H20N2O4. The molecule has 3 N–H and O–H groups in total. The molecule has 6 heteroatoms. The maximum atomic E-state index is 10.5. The number of nitrogens with zero attached hydrogens (tertiary/aromatic N) is 1. The highest BCUT2D eigenvalue weighted by molar-refractivity contribution is 5.32. The Morgan fingerprint density at radius 1 is 1.26 bits per heavy atom. The summed E-state index contributed by atoms with van der Waals surface area (Å²) in [5.74, 6) is 0. The molecule has 0 unspecified atom stereocenters. The zero-order chi connectivity index (χ0) is 14.3. The van der Waals surface area contributed by atoms with E-state index in [0.717, 1.165) is 5.56 Å². The first kappa shape index (κ1) is 15.6. The third kappa shape index (κ3) is 4.27. The van der Waals surface area contributed by atoms with Gasteiger partial charge in [0.05, 0.1) is 23.7 Å². The van der Waals surface area contributed by atoms with Gasteiger partial charge < -0.3 is 15.5 Å². The van der Waals surface area contributed by atoms with Crippen LogP contribution in [-0.2, 0) is 6.42 Å². The second kappa shape index (κ2) is 7.18. The van der Waals surface area contributed by atoms with E-state index in [0.29, 0.717) is 19.4 Å². The second-order valence-electron chi connectivity index (χ2n) is 4.55. The maximum Gasteiger partial charge on any atom is 0.269 e. The Labute approximate surface area is 112 Å². The summed E-state index contributed by atoms with van der Waals surface area (Å²) >= 11 is 0. The molecule has 19 heavy (non-hydrogen) atoms. The van der Waals surface area contributed by atoms with Gasteiger partial charge in [0.1, 0.15) is 0 Å². The first-order valence-electron chi connectivity index (χ1n) is 6.27. The molecular weight excluding hydrogens is 248 g/mol. The summed E-state index contributed by atoms with van der Waals surface area (Å²) in [6, 6.07) is 6.37. The molecule has 1 rings (SSSR count). The summed E-state index contributed by atoms with van der Waals surface area (Å²) < 4.78 is 0. The number of hydrogen-bond donors (Lipinski definition) is 3. The van der Waals surface area contributed by atoms with Gasteiger partial charge in [0, 0.05) is 12.1 Å². The van der Waals surface area contributed by atoms with Crippen LogP contribution in [0.5, 0.6) is 0 Å². The number of aliphatic hydroxyl groups is 2. The lowest BCUT2D eigenvalue weighted by atomic mass is 9.98. The molecule has 0 atom stereocenters. The van der Waals surface area contributed by atoms with E-state index >= 15 is 0 Å². The lowest BCUT2D eigenvalue weighted by molar-refractivity contribution is -0.384. The van der Waals surface area contributed by atoms with Crippen molar-refractivity contribution in [1.29, 1.82) is 0 Å². The highest BCUT2D eigenvalue weighted by Crippen LogP contribution is 2.13. The number of nitro benzene ring substituents is 1. The largest absolute Gasteiger partial charge is 0.394 e. The van der Waals surface area contributed by atoms with E-state index in [1.807, 2.05) is 6.92 Å². The van der Waals surface area contributed by atoms with Crippen molar-refractivity contribution in [3.8, 4) is 0 Å². The minimum Gasteiger partial charge on any atom is -0.394 e. The number of non-ortho nitro benzene ring substituents is 1. The zero-order valence-electron chi connectivity index (χ0n) is 11.0. The van der Waals surface area contributed by atoms with Crippen LogP contribution in [0.4, 0.5) is 5.69 Å². The molecule has 6 nitrogen and oxygen atoms in total. The van der Waals surface area contributed by atoms with E-state index < -0.39 is 10.5 Å². The van der Waals surface area contributed by atoms with Gasteiger partial charge in [-0.05, 0) is 24.9 Å². The molecule has 0 spiro atoms. The Balaban J connectivity index is 2.51. The van der Waals surface area contributed by atoms with Crippen molar-refractivity contribution in [2.45, 2.75) is 25.3 Å². The normalized spacial score (nSPS) is 11.5. The summed E-state index contributed by atoms with van der Waals surface area (Å²) in [6.07, 6.45) is 1.31. The predicted octanol–water partition coefficient (Wildman–Crippen LogP) is 0.860. The van der Waals surface area contributed by atoms with Crippen molar-refractivity contribution < 1.29 is 15.1 Å². The SMILES string of the molecule is CCC(CO)(CO)NCCc1ccc([N+](=O)[O-])cc1. The van der Waals surface area contributed by atoms with Crippen LogP contribution in [-0.4, -0.2) is 40.4 Å². The van der Waals surface area contributed by atoms with E-state index in [1.165, 1.54) is 12.1 Å². The Kier molecular flexibility index (Phi) is 5.88. The molecule has 1 aromatic rings. The lowest BCUT2D eigenvalue weighted by Crippen LogP contribution is -2.51. The Morgan fingerprint density at radius 3 is 2.26 bits per heavy atom. The van der Waals surface area contributed by atoms with E-state index in [-0.39, 0.29) is 18.9 Å². The smallest absolute Gasteiger partial charge is 0.269 e. The summed E-state index contributed by atoms with van der Waals surface area (Å²) in [4.78, 5) is 10.1. The average Bonchev–Trinajstić information content (AvgIpc) is 2.45. The minimum atomic E-state index is -0.652. The highest BCUT2D eigenvalue weighted by atomic mass is 16.6. The number of hydrogen-bond acceptors (Lipinski definition) is 5. The molecule has 0 amide bonds. The first-order chi connectivity index (χ1) is 9.06. The van der Waals surface area contributed by atoms with Gasteiger partial charge in [-0.25, -0.2) is 0 Å². The van der Waals surface area contributed by atoms with E-state index in [1.54, 1.807) is 12.1 Å². The molecule has 0 aliphatic heterocycles. The average molecular weight is 268 g/mol. The molecule has 0 saturated carbocycles. The van der Waals surface area contributed by atoms with Gasteiger partial charge in [0.2, 0.25) is 0 Å². The Hall–Kier alpha value is -1.50. The van der Waals surface area contributed by atoms with Gasteiger partial charge >= 0.3 is 0 Å². The number of nitro groups is 1. The van der Waals surface area contributed by atoms with Crippen molar-refractivity contribution in [2.24, 2.45) is 0 Å². The molecule has 1 aromatic carbocycles. The van der Waals surface area contributed by atoms with Crippen molar-refractivity contribution in [1.82, 2.24) is 5.32 Å². The summed E-state index contributed by atoms with van der Waals surface area (Å²) in [5.41, 5.74) is 0.394. The van der Waals surface area contributed by atoms with E-state index in [9.17, 15) is 20.3 Å². The van der Waals surface area contributed by atoms with Gasteiger partial charge in [-0.3, -0.25) is 10.1 Å². The van der Waals surface area contributed by atoms with Crippen LogP contribution in [0.2, 0.25) is 0 Å². The summed E-state index contributed by atoms with van der Waals surface area (Å²) in [7, 11) is 0. The van der Waals surface area contributed by atoms with Gasteiger partial charge in [0.25, 0.3) is 5.69 Å². The molecule has 0 aliphatic rings. The third-order valence-corrected chi connectivity index (χ3v) is 3.34. The maximum absolute atomic E-state index is 10.5. The quantitative estimate of drug-likeness (QED) is 0.480. The molecule has 0 radical (unpaired) electrons. The molecule has 0 bridgehead atoms. The van der Waals surface area contributed by atoms with Gasteiger partial charge in [-0.1, -0.05) is 19.1 Å². The predicted molar refractivity (Wildman–Crippen MR) is 72.0 cm³/mol. The first-order valence-corrected chi connectivity index (χ1v) is 6.27. The molecule has 0 saturated heterocycles. The zero-order valence-corrected chi connectivity index (χ0v) is 11.0. The van der Waals surface area contributed by atoms with Crippen molar-refractivity contribution in [3.63, 3.8) is 0 Å². The fourth-order valence-electron chi connectivity index (χ4n) is 1.77. The third-order valence-electron chi connectivity index (χ3n) is 3.34. The molecule has 0 aromatic heterocycles. The van der Waals surface area contributed by atoms with Crippen LogP contribution < -0.4 is 5.32 Å². The van der Waals surface area contributed by atoms with Crippen molar-refractivity contribution in [3.05, 3.63) is 39.9 Å². The Morgan fingerprint density at radius 2 is 1.84 bits per heavy atom.